The number of carbonyl (C=O) groups excluding carboxylic acids is 2. The van der Waals surface area contributed by atoms with Crippen molar-refractivity contribution in [3.05, 3.63) is 57.9 Å². The molecule has 2 saturated heterocycles. The van der Waals surface area contributed by atoms with Crippen LogP contribution in [-0.2, 0) is 27.4 Å². The summed E-state index contributed by atoms with van der Waals surface area (Å²) in [5, 5.41) is 0.588. The lowest BCUT2D eigenvalue weighted by Gasteiger charge is -2.34. The molecule has 2 atom stereocenters. The Morgan fingerprint density at radius 1 is 1.08 bits per heavy atom. The van der Waals surface area contributed by atoms with Gasteiger partial charge in [-0.1, -0.05) is 11.6 Å². The van der Waals surface area contributed by atoms with E-state index >= 15 is 0 Å². The summed E-state index contributed by atoms with van der Waals surface area (Å²) in [4.78, 5) is 33.4. The smallest absolute Gasteiger partial charge is 0.369 e. The predicted molar refractivity (Wildman–Crippen MR) is 116 cm³/mol. The Balaban J connectivity index is 1.66. The second kappa shape index (κ2) is 9.73. The molecule has 0 radical (unpaired) electrons. The maximum absolute atomic E-state index is 14.4. The van der Waals surface area contributed by atoms with Gasteiger partial charge in [0.05, 0.1) is 28.0 Å². The Morgan fingerprint density at radius 3 is 2.15 bits per heavy atom. The summed E-state index contributed by atoms with van der Waals surface area (Å²) in [5.74, 6) is -1.40. The van der Waals surface area contributed by atoms with Crippen molar-refractivity contribution >= 4 is 29.1 Å². The van der Waals surface area contributed by atoms with Gasteiger partial charge in [-0.25, -0.2) is 10.5 Å². The molecule has 39 heavy (non-hydrogen) atoms. The van der Waals surface area contributed by atoms with Crippen LogP contribution in [0.4, 0.5) is 45.2 Å². The topological polar surface area (TPSA) is 83.6 Å². The first-order chi connectivity index (χ1) is 17.9. The molecule has 7 nitrogen and oxygen atoms in total. The number of alkyl halides is 9. The van der Waals surface area contributed by atoms with Gasteiger partial charge in [0.1, 0.15) is 23.8 Å². The van der Waals surface area contributed by atoms with Crippen LogP contribution in [0.15, 0.2) is 30.5 Å². The first-order valence-electron chi connectivity index (χ1n) is 10.9. The maximum Gasteiger partial charge on any atom is 0.417 e. The lowest BCUT2D eigenvalue weighted by atomic mass is 9.77. The quantitative estimate of drug-likeness (QED) is 0.507. The monoisotopic (exact) mass is 590 g/mol. The third kappa shape index (κ3) is 5.44. The fourth-order valence-corrected chi connectivity index (χ4v) is 4.69. The highest BCUT2D eigenvalue weighted by molar-refractivity contribution is 6.32. The van der Waals surface area contributed by atoms with E-state index in [1.807, 2.05) is 5.48 Å². The molecule has 0 spiro atoms. The van der Waals surface area contributed by atoms with E-state index in [2.05, 4.69) is 15.1 Å². The molecule has 0 saturated carbocycles. The first-order valence-corrected chi connectivity index (χ1v) is 11.3. The molecule has 4 rings (SSSR count). The number of rotatable bonds is 4. The molecule has 2 aliphatic heterocycles. The molecular weight excluding hydrogens is 575 g/mol. The van der Waals surface area contributed by atoms with E-state index in [1.165, 1.54) is 6.07 Å². The Bertz CT molecular complexity index is 1250. The van der Waals surface area contributed by atoms with Gasteiger partial charge in [0.25, 0.3) is 11.8 Å². The number of carbonyl (C=O) groups is 2. The van der Waals surface area contributed by atoms with Gasteiger partial charge in [0.2, 0.25) is 0 Å². The summed E-state index contributed by atoms with van der Waals surface area (Å²) < 4.78 is 124. The van der Waals surface area contributed by atoms with Gasteiger partial charge in [-0.2, -0.15) is 39.5 Å². The minimum absolute atomic E-state index is 0.00311. The summed E-state index contributed by atoms with van der Waals surface area (Å²) in [7, 11) is 0. The van der Waals surface area contributed by atoms with Gasteiger partial charge in [-0.05, 0) is 36.2 Å². The predicted octanol–water partition coefficient (Wildman–Crippen LogP) is 4.64. The van der Waals surface area contributed by atoms with Gasteiger partial charge in [0, 0.05) is 13.1 Å². The molecule has 2 N–H and O–H groups in total. The van der Waals surface area contributed by atoms with Crippen molar-refractivity contribution in [3.8, 4) is 0 Å². The van der Waals surface area contributed by atoms with Crippen LogP contribution in [0.1, 0.15) is 33.6 Å². The fraction of sp³-hybridized carbons (Fsp3) is 0.409. The highest BCUT2D eigenvalue weighted by Gasteiger charge is 2.60. The van der Waals surface area contributed by atoms with Crippen LogP contribution < -0.4 is 15.7 Å². The van der Waals surface area contributed by atoms with Crippen LogP contribution in [0.5, 0.6) is 0 Å². The van der Waals surface area contributed by atoms with Gasteiger partial charge in [-0.15, -0.1) is 0 Å². The van der Waals surface area contributed by atoms with Crippen LogP contribution in [0.25, 0.3) is 0 Å². The molecule has 17 heteroatoms. The largest absolute Gasteiger partial charge is 0.417 e. The van der Waals surface area contributed by atoms with Crippen LogP contribution in [0.2, 0.25) is 5.02 Å². The van der Waals surface area contributed by atoms with Crippen molar-refractivity contribution < 1.29 is 53.9 Å². The zero-order valence-electron chi connectivity index (χ0n) is 19.2. The van der Waals surface area contributed by atoms with Crippen molar-refractivity contribution in [3.63, 3.8) is 0 Å². The number of pyridine rings is 1. The number of amides is 2. The third-order valence-electron chi connectivity index (χ3n) is 6.44. The molecule has 2 unspecified atom stereocenters. The van der Waals surface area contributed by atoms with E-state index in [0.717, 1.165) is 17.2 Å². The summed E-state index contributed by atoms with van der Waals surface area (Å²) in [6.45, 7) is -1.58. The minimum Gasteiger partial charge on any atom is -0.369 e. The molecule has 2 aliphatic rings. The van der Waals surface area contributed by atoms with E-state index in [0.29, 0.717) is 0 Å². The molecule has 212 valence electrons. The van der Waals surface area contributed by atoms with Gasteiger partial charge in [-0.3, -0.25) is 14.4 Å². The molecule has 1 aromatic carbocycles. The summed E-state index contributed by atoms with van der Waals surface area (Å²) in [6.07, 6.45) is -16.0. The normalized spacial score (nSPS) is 22.3. The van der Waals surface area contributed by atoms with E-state index in [-0.39, 0.29) is 30.1 Å². The molecule has 0 aliphatic carbocycles. The van der Waals surface area contributed by atoms with Crippen LogP contribution >= 0.6 is 11.6 Å². The zero-order chi connectivity index (χ0) is 29.0. The van der Waals surface area contributed by atoms with Crippen LogP contribution in [0.3, 0.4) is 0 Å². The molecule has 0 bridgehead atoms. The van der Waals surface area contributed by atoms with Crippen LogP contribution in [0, 0.1) is 0 Å². The van der Waals surface area contributed by atoms with Crippen molar-refractivity contribution in [1.82, 2.24) is 15.8 Å². The number of hydrogen-bond acceptors (Lipinski definition) is 5. The number of hydrogen-bond donors (Lipinski definition) is 2. The Labute approximate surface area is 218 Å². The number of benzene rings is 1. The average Bonchev–Trinajstić information content (AvgIpc) is 3.45. The molecule has 3 heterocycles. The lowest BCUT2D eigenvalue weighted by molar-refractivity contribution is -0.185. The van der Waals surface area contributed by atoms with Gasteiger partial charge < -0.3 is 10.2 Å². The number of aromatic nitrogens is 1. The second-order valence-electron chi connectivity index (χ2n) is 8.84. The minimum atomic E-state index is -5.45. The standard InChI is InChI=1S/C22H16ClF9N4O3/c23-16-12(20(24,25)26)5-10(6-13(16)21(27,28)29)19(22(30,31)32)3-4-36(9-19)11-1-2-14(33-7-11)17(37)34-15-8-39-35-18(15)38/h1-2,5-7,15H,3-4,8-9H2,(H,34,37)(H,35,38). The molecular formula is C22H16ClF9N4O3. The number of nitrogens with zero attached hydrogens (tertiary/aromatic N) is 2. The average molecular weight is 591 g/mol. The Kier molecular flexibility index (Phi) is 7.17. The van der Waals surface area contributed by atoms with E-state index < -0.39 is 83.0 Å². The summed E-state index contributed by atoms with van der Waals surface area (Å²) >= 11 is 5.34. The summed E-state index contributed by atoms with van der Waals surface area (Å²) in [5.41, 5.74) is -6.56. The molecule has 2 fully saturated rings. The highest BCUT2D eigenvalue weighted by atomic mass is 35.5. The van der Waals surface area contributed by atoms with E-state index in [9.17, 15) is 49.1 Å². The summed E-state index contributed by atoms with van der Waals surface area (Å²) in [6, 6.07) is 1.36. The molecule has 1 aromatic heterocycles. The SMILES string of the molecule is O=C(NC1CONC1=O)c1ccc(N2CCC(c3cc(C(F)(F)F)c(Cl)c(C(F)(F)F)c3)(C(F)(F)F)C2)cn1. The number of anilines is 1. The van der Waals surface area contributed by atoms with Crippen molar-refractivity contribution in [1.29, 1.82) is 0 Å². The van der Waals surface area contributed by atoms with E-state index in [1.54, 1.807) is 0 Å². The van der Waals surface area contributed by atoms with Crippen molar-refractivity contribution in [2.24, 2.45) is 0 Å². The first kappa shape index (κ1) is 28.7. The Hall–Kier alpha value is -3.27. The molecule has 2 aromatic rings. The van der Waals surface area contributed by atoms with Gasteiger partial charge >= 0.3 is 18.5 Å². The lowest BCUT2D eigenvalue weighted by Crippen LogP contribution is -2.45. The van der Waals surface area contributed by atoms with Crippen LogP contribution in [-0.4, -0.2) is 48.7 Å². The highest BCUT2D eigenvalue weighted by Crippen LogP contribution is 2.52. The third-order valence-corrected chi connectivity index (χ3v) is 6.85. The van der Waals surface area contributed by atoms with Gasteiger partial charge in [0.15, 0.2) is 0 Å². The molecule has 2 amide bonds. The zero-order valence-corrected chi connectivity index (χ0v) is 19.9. The number of nitrogens with one attached hydrogen (secondary N) is 2. The number of hydroxylamine groups is 1. The second-order valence-corrected chi connectivity index (χ2v) is 9.22. The maximum atomic E-state index is 14.4. The van der Waals surface area contributed by atoms with Crippen molar-refractivity contribution in [2.45, 2.75) is 36.4 Å². The fourth-order valence-electron chi connectivity index (χ4n) is 4.36. The van der Waals surface area contributed by atoms with E-state index in [4.69, 9.17) is 11.6 Å². The van der Waals surface area contributed by atoms with Crippen molar-refractivity contribution in [2.75, 3.05) is 24.6 Å². The number of halogens is 10. The Morgan fingerprint density at radius 2 is 1.69 bits per heavy atom.